The molecule has 1 fully saturated rings. The molecular weight excluding hydrogens is 348 g/mol. The zero-order chi connectivity index (χ0) is 19.3. The van der Waals surface area contributed by atoms with Crippen molar-refractivity contribution in [3.8, 4) is 0 Å². The lowest BCUT2D eigenvalue weighted by Crippen LogP contribution is -2.31. The van der Waals surface area contributed by atoms with Crippen LogP contribution in [0.3, 0.4) is 0 Å². The minimum absolute atomic E-state index is 0.0523. The summed E-state index contributed by atoms with van der Waals surface area (Å²) in [5, 5.41) is 13.5. The summed E-state index contributed by atoms with van der Waals surface area (Å²) in [6, 6.07) is 10.9. The maximum atomic E-state index is 11.2. The summed E-state index contributed by atoms with van der Waals surface area (Å²) in [6.45, 7) is 3.98. The van der Waals surface area contributed by atoms with E-state index in [4.69, 9.17) is 0 Å². The van der Waals surface area contributed by atoms with Crippen LogP contribution in [0.25, 0.3) is 21.9 Å². The zero-order valence-electron chi connectivity index (χ0n) is 16.4. The van der Waals surface area contributed by atoms with Crippen LogP contribution in [0.1, 0.15) is 43.5 Å². The van der Waals surface area contributed by atoms with Gasteiger partial charge >= 0.3 is 0 Å². The van der Waals surface area contributed by atoms with Crippen LogP contribution in [0, 0.1) is 12.8 Å². The molecule has 0 saturated heterocycles. The summed E-state index contributed by atoms with van der Waals surface area (Å²) in [5.74, 6) is 0.502. The van der Waals surface area contributed by atoms with Crippen LogP contribution in [-0.4, -0.2) is 30.2 Å². The molecular formula is C23H26N4O. The van der Waals surface area contributed by atoms with Crippen LogP contribution < -0.4 is 0 Å². The van der Waals surface area contributed by atoms with Gasteiger partial charge in [-0.1, -0.05) is 6.07 Å². The zero-order valence-corrected chi connectivity index (χ0v) is 16.4. The van der Waals surface area contributed by atoms with Gasteiger partial charge in [-0.2, -0.15) is 0 Å². The number of nitrogens with zero attached hydrogens (tertiary/aromatic N) is 3. The molecule has 28 heavy (non-hydrogen) atoms. The minimum atomic E-state index is -0.722. The second-order valence-electron chi connectivity index (χ2n) is 8.54. The molecule has 144 valence electrons. The Hall–Kier alpha value is -2.66. The van der Waals surface area contributed by atoms with Gasteiger partial charge in [0.15, 0.2) is 0 Å². The fraction of sp³-hybridized carbons (Fsp3) is 0.391. The predicted molar refractivity (Wildman–Crippen MR) is 111 cm³/mol. The number of aromatic amines is 1. The fourth-order valence-electron chi connectivity index (χ4n) is 4.98. The number of aryl methyl sites for hydroxylation is 2. The van der Waals surface area contributed by atoms with Crippen LogP contribution in [0.4, 0.5) is 0 Å². The number of hydrogen-bond donors (Lipinski definition) is 2. The lowest BCUT2D eigenvalue weighted by molar-refractivity contribution is 0.0255. The summed E-state index contributed by atoms with van der Waals surface area (Å²) in [4.78, 5) is 12.0. The molecule has 5 rings (SSSR count). The fourth-order valence-corrected chi connectivity index (χ4v) is 4.98. The average Bonchev–Trinajstić information content (AvgIpc) is 3.36. The van der Waals surface area contributed by atoms with Gasteiger partial charge in [0.25, 0.3) is 0 Å². The summed E-state index contributed by atoms with van der Waals surface area (Å²) in [7, 11) is 0. The van der Waals surface area contributed by atoms with E-state index in [0.29, 0.717) is 5.92 Å². The lowest BCUT2D eigenvalue weighted by atomic mass is 9.95. The molecule has 5 heteroatoms. The summed E-state index contributed by atoms with van der Waals surface area (Å²) in [6.07, 6.45) is 9.61. The van der Waals surface area contributed by atoms with Crippen LogP contribution >= 0.6 is 0 Å². The van der Waals surface area contributed by atoms with Crippen molar-refractivity contribution in [3.63, 3.8) is 0 Å². The third-order valence-electron chi connectivity index (χ3n) is 6.48. The first-order valence-corrected chi connectivity index (χ1v) is 10.1. The maximum absolute atomic E-state index is 11.2. The lowest BCUT2D eigenvalue weighted by Gasteiger charge is -2.27. The first kappa shape index (κ1) is 17.4. The quantitative estimate of drug-likeness (QED) is 0.550. The second kappa shape index (κ2) is 6.45. The molecule has 0 spiro atoms. The van der Waals surface area contributed by atoms with Gasteiger partial charge < -0.3 is 14.7 Å². The van der Waals surface area contributed by atoms with Crippen LogP contribution in [0.5, 0.6) is 0 Å². The molecule has 0 amide bonds. The number of aromatic nitrogens is 4. The van der Waals surface area contributed by atoms with Crippen molar-refractivity contribution in [2.45, 2.75) is 51.2 Å². The molecule has 3 atom stereocenters. The van der Waals surface area contributed by atoms with Crippen molar-refractivity contribution in [2.24, 2.45) is 5.92 Å². The Bertz CT molecular complexity index is 1140. The van der Waals surface area contributed by atoms with Crippen LogP contribution in [0.15, 0.2) is 49.1 Å². The Morgan fingerprint density at radius 1 is 1.25 bits per heavy atom. The van der Waals surface area contributed by atoms with Gasteiger partial charge in [-0.15, -0.1) is 0 Å². The Morgan fingerprint density at radius 2 is 2.14 bits per heavy atom. The summed E-state index contributed by atoms with van der Waals surface area (Å²) >= 11 is 0. The number of benzene rings is 1. The van der Waals surface area contributed by atoms with E-state index in [2.05, 4.69) is 56.0 Å². The van der Waals surface area contributed by atoms with Gasteiger partial charge in [0.2, 0.25) is 0 Å². The standard InChI is InChI=1S/C23H26N4O/c1-15-19-8-10-27(22(19)26-14-25-15)21-12-17(13-23(21,2)28)4-3-16-5-6-20-18(11-16)7-9-24-20/h5-11,14,17,21,24,28H,3-4,12-13H2,1-2H3/t17-,21+,23+/m0/s1. The van der Waals surface area contributed by atoms with Crippen molar-refractivity contribution < 1.29 is 5.11 Å². The predicted octanol–water partition coefficient (Wildman–Crippen LogP) is 4.56. The average molecular weight is 374 g/mol. The van der Waals surface area contributed by atoms with Gasteiger partial charge in [0.05, 0.1) is 17.3 Å². The van der Waals surface area contributed by atoms with E-state index in [1.165, 1.54) is 16.5 Å². The van der Waals surface area contributed by atoms with Gasteiger partial charge in [-0.05, 0) is 80.7 Å². The van der Waals surface area contributed by atoms with Crippen molar-refractivity contribution in [2.75, 3.05) is 0 Å². The molecule has 1 aliphatic carbocycles. The SMILES string of the molecule is Cc1ncnc2c1ccn2[C@@H]1C[C@H](CCc2ccc3[nH]ccc3c2)C[C@@]1(C)O. The number of fused-ring (bicyclic) bond motifs is 2. The molecule has 5 nitrogen and oxygen atoms in total. The Balaban J connectivity index is 1.35. The highest BCUT2D eigenvalue weighted by atomic mass is 16.3. The molecule has 0 radical (unpaired) electrons. The molecule has 3 aromatic heterocycles. The van der Waals surface area contributed by atoms with Gasteiger partial charge in [-0.25, -0.2) is 9.97 Å². The summed E-state index contributed by atoms with van der Waals surface area (Å²) < 4.78 is 2.16. The maximum Gasteiger partial charge on any atom is 0.143 e. The molecule has 3 heterocycles. The van der Waals surface area contributed by atoms with E-state index >= 15 is 0 Å². The largest absolute Gasteiger partial charge is 0.388 e. The van der Waals surface area contributed by atoms with E-state index in [-0.39, 0.29) is 6.04 Å². The van der Waals surface area contributed by atoms with Crippen molar-refractivity contribution in [1.82, 2.24) is 19.5 Å². The molecule has 1 saturated carbocycles. The number of hydrogen-bond acceptors (Lipinski definition) is 3. The molecule has 1 aliphatic rings. The van der Waals surface area contributed by atoms with E-state index < -0.39 is 5.60 Å². The minimum Gasteiger partial charge on any atom is -0.388 e. The highest BCUT2D eigenvalue weighted by molar-refractivity contribution is 5.80. The van der Waals surface area contributed by atoms with Crippen LogP contribution in [-0.2, 0) is 6.42 Å². The van der Waals surface area contributed by atoms with Crippen molar-refractivity contribution in [1.29, 1.82) is 0 Å². The van der Waals surface area contributed by atoms with Crippen molar-refractivity contribution >= 4 is 21.9 Å². The van der Waals surface area contributed by atoms with Crippen molar-refractivity contribution in [3.05, 3.63) is 60.3 Å². The Kier molecular flexibility index (Phi) is 4.02. The normalized spacial score (nSPS) is 25.1. The van der Waals surface area contributed by atoms with Gasteiger partial charge in [0, 0.05) is 23.3 Å². The van der Waals surface area contributed by atoms with Gasteiger partial charge in [-0.3, -0.25) is 0 Å². The highest BCUT2D eigenvalue weighted by Crippen LogP contribution is 2.45. The van der Waals surface area contributed by atoms with E-state index in [0.717, 1.165) is 42.4 Å². The number of rotatable bonds is 4. The second-order valence-corrected chi connectivity index (χ2v) is 8.54. The molecule has 0 bridgehead atoms. The summed E-state index contributed by atoms with van der Waals surface area (Å²) in [5.41, 5.74) is 3.74. The third-order valence-corrected chi connectivity index (χ3v) is 6.48. The third kappa shape index (κ3) is 2.90. The van der Waals surface area contributed by atoms with E-state index in [9.17, 15) is 5.11 Å². The monoisotopic (exact) mass is 374 g/mol. The van der Waals surface area contributed by atoms with E-state index in [1.807, 2.05) is 20.0 Å². The number of nitrogens with one attached hydrogen (secondary N) is 1. The Labute approximate surface area is 164 Å². The highest BCUT2D eigenvalue weighted by Gasteiger charge is 2.43. The molecule has 0 unspecified atom stereocenters. The molecule has 2 N–H and O–H groups in total. The first-order valence-electron chi connectivity index (χ1n) is 10.1. The first-order chi connectivity index (χ1) is 13.5. The smallest absolute Gasteiger partial charge is 0.143 e. The van der Waals surface area contributed by atoms with Crippen LogP contribution in [0.2, 0.25) is 0 Å². The van der Waals surface area contributed by atoms with E-state index in [1.54, 1.807) is 6.33 Å². The van der Waals surface area contributed by atoms with Gasteiger partial charge in [0.1, 0.15) is 12.0 Å². The number of aliphatic hydroxyl groups is 1. The molecule has 4 aromatic rings. The molecule has 1 aromatic carbocycles. The number of H-pyrrole nitrogens is 1. The molecule has 0 aliphatic heterocycles. The Morgan fingerprint density at radius 3 is 3.04 bits per heavy atom. The topological polar surface area (TPSA) is 66.7 Å².